The van der Waals surface area contributed by atoms with Gasteiger partial charge in [-0.25, -0.2) is 4.79 Å². The molecule has 6 nitrogen and oxygen atoms in total. The highest BCUT2D eigenvalue weighted by atomic mass is 16.3. The number of urea groups is 1. The van der Waals surface area contributed by atoms with Crippen LogP contribution in [-0.4, -0.2) is 44.9 Å². The van der Waals surface area contributed by atoms with E-state index in [2.05, 4.69) is 36.3 Å². The second-order valence-corrected chi connectivity index (χ2v) is 6.58. The van der Waals surface area contributed by atoms with Crippen LogP contribution < -0.4 is 5.32 Å². The van der Waals surface area contributed by atoms with Crippen molar-refractivity contribution in [2.75, 3.05) is 11.9 Å². The largest absolute Gasteiger partial charge is 0.392 e. The van der Waals surface area contributed by atoms with Crippen molar-refractivity contribution >= 4 is 11.8 Å². The minimum Gasteiger partial charge on any atom is -0.392 e. The number of rotatable bonds is 4. The van der Waals surface area contributed by atoms with Gasteiger partial charge < -0.3 is 10.0 Å². The maximum absolute atomic E-state index is 12.2. The molecule has 118 valence electrons. The summed E-state index contributed by atoms with van der Waals surface area (Å²) in [5, 5.41) is 20.3. The minimum atomic E-state index is -0.576. The van der Waals surface area contributed by atoms with Crippen LogP contribution in [0.25, 0.3) is 0 Å². The van der Waals surface area contributed by atoms with Crippen molar-refractivity contribution < 1.29 is 9.90 Å². The summed E-state index contributed by atoms with van der Waals surface area (Å²) < 4.78 is 0. The summed E-state index contributed by atoms with van der Waals surface area (Å²) in [4.78, 5) is 13.8. The lowest BCUT2D eigenvalue weighted by Gasteiger charge is -2.27. The number of hydrogen-bond donors (Lipinski definition) is 2. The number of carbonyl (C=O) groups excluding carboxylic acids is 1. The predicted molar refractivity (Wildman–Crippen MR) is 83.3 cm³/mol. The van der Waals surface area contributed by atoms with Crippen LogP contribution in [0.1, 0.15) is 47.2 Å². The Morgan fingerprint density at radius 1 is 1.29 bits per heavy atom. The molecule has 1 rings (SSSR count). The smallest absolute Gasteiger partial charge is 0.323 e. The zero-order chi connectivity index (χ0) is 16.2. The molecule has 0 saturated carbocycles. The van der Waals surface area contributed by atoms with Crippen molar-refractivity contribution in [3.05, 3.63) is 17.8 Å². The number of carbonyl (C=O) groups is 1. The molecule has 1 aromatic heterocycles. The Labute approximate surface area is 126 Å². The summed E-state index contributed by atoms with van der Waals surface area (Å²) in [5.74, 6) is 0.407. The van der Waals surface area contributed by atoms with Crippen LogP contribution in [0.3, 0.4) is 0 Å². The average molecular weight is 294 g/mol. The fourth-order valence-corrected chi connectivity index (χ4v) is 1.79. The third kappa shape index (κ3) is 5.30. The number of aliphatic hydroxyl groups is 1. The van der Waals surface area contributed by atoms with Gasteiger partial charge in [0.1, 0.15) is 0 Å². The first kappa shape index (κ1) is 17.4. The van der Waals surface area contributed by atoms with Crippen molar-refractivity contribution in [1.82, 2.24) is 15.1 Å². The number of anilines is 1. The summed E-state index contributed by atoms with van der Waals surface area (Å²) in [7, 11) is 0. The first-order valence-electron chi connectivity index (χ1n) is 7.21. The van der Waals surface area contributed by atoms with Gasteiger partial charge >= 0.3 is 6.03 Å². The molecule has 21 heavy (non-hydrogen) atoms. The Balaban J connectivity index is 2.77. The SMILES string of the molecule is CC(O)CN(C(=O)Nc1ccc(C(C)(C)C)nn1)C(C)C. The molecule has 1 unspecified atom stereocenters. The van der Waals surface area contributed by atoms with E-state index < -0.39 is 6.10 Å². The van der Waals surface area contributed by atoms with Gasteiger partial charge in [-0.1, -0.05) is 20.8 Å². The Morgan fingerprint density at radius 2 is 1.90 bits per heavy atom. The van der Waals surface area contributed by atoms with Crippen LogP contribution in [-0.2, 0) is 5.41 Å². The van der Waals surface area contributed by atoms with Gasteiger partial charge in [-0.3, -0.25) is 5.32 Å². The van der Waals surface area contributed by atoms with Gasteiger partial charge in [0, 0.05) is 18.0 Å². The summed E-state index contributed by atoms with van der Waals surface area (Å²) >= 11 is 0. The van der Waals surface area contributed by atoms with E-state index in [4.69, 9.17) is 0 Å². The van der Waals surface area contributed by atoms with Gasteiger partial charge in [-0.05, 0) is 32.9 Å². The summed E-state index contributed by atoms with van der Waals surface area (Å²) in [6.07, 6.45) is -0.576. The fraction of sp³-hybridized carbons (Fsp3) is 0.667. The zero-order valence-corrected chi connectivity index (χ0v) is 13.7. The molecule has 1 aromatic rings. The normalized spacial score (nSPS) is 13.1. The lowest BCUT2D eigenvalue weighted by atomic mass is 9.92. The summed E-state index contributed by atoms with van der Waals surface area (Å²) in [5.41, 5.74) is 0.788. The molecule has 0 saturated heterocycles. The molecule has 0 spiro atoms. The number of aliphatic hydroxyl groups excluding tert-OH is 1. The third-order valence-electron chi connectivity index (χ3n) is 3.01. The minimum absolute atomic E-state index is 0.0126. The van der Waals surface area contributed by atoms with Gasteiger partial charge in [0.15, 0.2) is 5.82 Å². The van der Waals surface area contributed by atoms with E-state index in [-0.39, 0.29) is 24.0 Å². The Hall–Kier alpha value is -1.69. The lowest BCUT2D eigenvalue weighted by Crippen LogP contribution is -2.44. The Bertz CT molecular complexity index is 464. The molecule has 0 aliphatic carbocycles. The molecule has 1 atom stereocenters. The monoisotopic (exact) mass is 294 g/mol. The Morgan fingerprint density at radius 3 is 2.29 bits per heavy atom. The molecular formula is C15H26N4O2. The van der Waals surface area contributed by atoms with Crippen molar-refractivity contribution in [3.8, 4) is 0 Å². The van der Waals surface area contributed by atoms with Crippen LogP contribution in [0.5, 0.6) is 0 Å². The average Bonchev–Trinajstić information content (AvgIpc) is 2.34. The molecule has 6 heteroatoms. The highest BCUT2D eigenvalue weighted by Gasteiger charge is 2.20. The zero-order valence-electron chi connectivity index (χ0n) is 13.7. The molecule has 0 aliphatic heterocycles. The lowest BCUT2D eigenvalue weighted by molar-refractivity contribution is 0.125. The molecule has 0 radical (unpaired) electrons. The highest BCUT2D eigenvalue weighted by Crippen LogP contribution is 2.19. The summed E-state index contributed by atoms with van der Waals surface area (Å²) in [6, 6.07) is 3.30. The van der Waals surface area contributed by atoms with Crippen LogP contribution in [0.2, 0.25) is 0 Å². The molecule has 0 aromatic carbocycles. The van der Waals surface area contributed by atoms with Gasteiger partial charge in [0.2, 0.25) is 0 Å². The number of nitrogens with one attached hydrogen (secondary N) is 1. The second-order valence-electron chi connectivity index (χ2n) is 6.58. The molecule has 0 aliphatic rings. The van der Waals surface area contributed by atoms with Crippen LogP contribution in [0.4, 0.5) is 10.6 Å². The van der Waals surface area contributed by atoms with E-state index in [9.17, 15) is 9.90 Å². The summed E-state index contributed by atoms with van der Waals surface area (Å²) in [6.45, 7) is 11.9. The molecular weight excluding hydrogens is 268 g/mol. The van der Waals surface area contributed by atoms with Crippen LogP contribution in [0.15, 0.2) is 12.1 Å². The molecule has 0 bridgehead atoms. The first-order valence-corrected chi connectivity index (χ1v) is 7.21. The number of aromatic nitrogens is 2. The second kappa shape index (κ2) is 6.85. The van der Waals surface area contributed by atoms with Gasteiger partial charge in [0.25, 0.3) is 0 Å². The first-order chi connectivity index (χ1) is 9.61. The van der Waals surface area contributed by atoms with Gasteiger partial charge in [0.05, 0.1) is 11.8 Å². The standard InChI is InChI=1S/C15H26N4O2/c1-10(2)19(9-11(3)20)14(21)16-13-8-7-12(17-18-13)15(4,5)6/h7-8,10-11,20H,9H2,1-6H3,(H,16,18,21). The van der Waals surface area contributed by atoms with Gasteiger partial charge in [-0.2, -0.15) is 5.10 Å². The van der Waals surface area contributed by atoms with Crippen molar-refractivity contribution in [1.29, 1.82) is 0 Å². The van der Waals surface area contributed by atoms with E-state index >= 15 is 0 Å². The number of amides is 2. The van der Waals surface area contributed by atoms with Gasteiger partial charge in [-0.15, -0.1) is 5.10 Å². The van der Waals surface area contributed by atoms with Crippen molar-refractivity contribution in [2.45, 2.75) is 59.1 Å². The van der Waals surface area contributed by atoms with E-state index in [1.165, 1.54) is 0 Å². The van der Waals surface area contributed by atoms with E-state index in [1.54, 1.807) is 17.9 Å². The van der Waals surface area contributed by atoms with E-state index in [0.717, 1.165) is 5.69 Å². The van der Waals surface area contributed by atoms with E-state index in [1.807, 2.05) is 19.9 Å². The molecule has 0 fully saturated rings. The molecule has 2 amide bonds. The van der Waals surface area contributed by atoms with E-state index in [0.29, 0.717) is 5.82 Å². The Kier molecular flexibility index (Phi) is 5.66. The highest BCUT2D eigenvalue weighted by molar-refractivity contribution is 5.88. The maximum atomic E-state index is 12.2. The fourth-order valence-electron chi connectivity index (χ4n) is 1.79. The number of hydrogen-bond acceptors (Lipinski definition) is 4. The van der Waals surface area contributed by atoms with Crippen molar-refractivity contribution in [2.24, 2.45) is 0 Å². The quantitative estimate of drug-likeness (QED) is 0.893. The van der Waals surface area contributed by atoms with Crippen LogP contribution >= 0.6 is 0 Å². The van der Waals surface area contributed by atoms with Crippen LogP contribution in [0, 0.1) is 0 Å². The third-order valence-corrected chi connectivity index (χ3v) is 3.01. The predicted octanol–water partition coefficient (Wildman–Crippen LogP) is 2.40. The molecule has 1 heterocycles. The van der Waals surface area contributed by atoms with Crippen molar-refractivity contribution in [3.63, 3.8) is 0 Å². The topological polar surface area (TPSA) is 78.4 Å². The number of nitrogens with zero attached hydrogens (tertiary/aromatic N) is 3. The molecule has 2 N–H and O–H groups in total. The maximum Gasteiger partial charge on any atom is 0.323 e.